The summed E-state index contributed by atoms with van der Waals surface area (Å²) in [5.41, 5.74) is 3.48. The topological polar surface area (TPSA) is 63.8 Å². The van der Waals surface area contributed by atoms with Gasteiger partial charge >= 0.3 is 0 Å². The average molecular weight is 351 g/mol. The second-order valence-corrected chi connectivity index (χ2v) is 5.32. The minimum Gasteiger partial charge on any atom is -0.483 e. The summed E-state index contributed by atoms with van der Waals surface area (Å²) in [5.74, 6) is 1.63. The standard InChI is InChI=1S/C15H15BrN2O3/c1-10-3-6-14(13(16)7-10)20-9-15(19)18-17-8-12-5-4-11(2)21-12/h3-8H,9H2,1-2H3,(H,18,19)/b17-8+. The van der Waals surface area contributed by atoms with Crippen molar-refractivity contribution in [3.05, 3.63) is 51.9 Å². The summed E-state index contributed by atoms with van der Waals surface area (Å²) in [4.78, 5) is 11.6. The molecule has 6 heteroatoms. The van der Waals surface area contributed by atoms with Crippen LogP contribution in [0.1, 0.15) is 17.1 Å². The first kappa shape index (κ1) is 15.3. The van der Waals surface area contributed by atoms with Crippen molar-refractivity contribution < 1.29 is 13.9 Å². The Bertz CT molecular complexity index is 665. The Morgan fingerprint density at radius 2 is 2.19 bits per heavy atom. The first-order valence-electron chi connectivity index (χ1n) is 6.32. The molecule has 1 heterocycles. The molecule has 0 radical (unpaired) electrons. The number of halogens is 1. The molecule has 0 saturated heterocycles. The molecule has 5 nitrogen and oxygen atoms in total. The van der Waals surface area contributed by atoms with E-state index in [-0.39, 0.29) is 12.5 Å². The Hall–Kier alpha value is -2.08. The molecule has 0 aliphatic heterocycles. The maximum absolute atomic E-state index is 11.6. The van der Waals surface area contributed by atoms with Gasteiger partial charge in [-0.1, -0.05) is 6.07 Å². The summed E-state index contributed by atoms with van der Waals surface area (Å²) in [5, 5.41) is 3.79. The zero-order valence-corrected chi connectivity index (χ0v) is 13.3. The third-order valence-electron chi connectivity index (χ3n) is 2.59. The van der Waals surface area contributed by atoms with E-state index in [1.54, 1.807) is 6.07 Å². The average Bonchev–Trinajstić information content (AvgIpc) is 2.83. The van der Waals surface area contributed by atoms with Gasteiger partial charge < -0.3 is 9.15 Å². The van der Waals surface area contributed by atoms with Gasteiger partial charge in [-0.25, -0.2) is 5.43 Å². The number of hydrogen-bond donors (Lipinski definition) is 1. The number of benzene rings is 1. The van der Waals surface area contributed by atoms with Crippen molar-refractivity contribution in [3.8, 4) is 5.75 Å². The van der Waals surface area contributed by atoms with E-state index in [0.717, 1.165) is 15.8 Å². The number of rotatable bonds is 5. The number of nitrogens with one attached hydrogen (secondary N) is 1. The quantitative estimate of drug-likeness (QED) is 0.665. The van der Waals surface area contributed by atoms with Crippen molar-refractivity contribution in [1.82, 2.24) is 5.43 Å². The molecule has 2 rings (SSSR count). The van der Waals surface area contributed by atoms with Gasteiger partial charge in [-0.05, 0) is 59.6 Å². The highest BCUT2D eigenvalue weighted by Crippen LogP contribution is 2.25. The number of carbonyl (C=O) groups is 1. The van der Waals surface area contributed by atoms with Gasteiger partial charge in [0.25, 0.3) is 5.91 Å². The Kier molecular flexibility index (Phi) is 5.16. The lowest BCUT2D eigenvalue weighted by atomic mass is 10.2. The minimum atomic E-state index is -0.345. The van der Waals surface area contributed by atoms with Gasteiger partial charge in [-0.15, -0.1) is 0 Å². The molecule has 0 bridgehead atoms. The first-order chi connectivity index (χ1) is 10.0. The summed E-state index contributed by atoms with van der Waals surface area (Å²) in [7, 11) is 0. The Balaban J connectivity index is 1.81. The highest BCUT2D eigenvalue weighted by Gasteiger charge is 2.05. The second kappa shape index (κ2) is 7.08. The summed E-state index contributed by atoms with van der Waals surface area (Å²) in [6, 6.07) is 9.23. The summed E-state index contributed by atoms with van der Waals surface area (Å²) in [6.07, 6.45) is 1.44. The molecular formula is C15H15BrN2O3. The summed E-state index contributed by atoms with van der Waals surface area (Å²) >= 11 is 3.38. The Labute approximate surface area is 131 Å². The van der Waals surface area contributed by atoms with Crippen LogP contribution in [0.15, 0.2) is 44.3 Å². The van der Waals surface area contributed by atoms with E-state index in [2.05, 4.69) is 26.5 Å². The van der Waals surface area contributed by atoms with Crippen molar-refractivity contribution in [2.45, 2.75) is 13.8 Å². The van der Waals surface area contributed by atoms with Crippen molar-refractivity contribution >= 4 is 28.1 Å². The molecule has 21 heavy (non-hydrogen) atoms. The predicted octanol–water partition coefficient (Wildman–Crippen LogP) is 3.19. The number of hydrazone groups is 1. The van der Waals surface area contributed by atoms with E-state index in [1.165, 1.54) is 6.21 Å². The number of hydrogen-bond acceptors (Lipinski definition) is 4. The first-order valence-corrected chi connectivity index (χ1v) is 7.11. The van der Waals surface area contributed by atoms with Crippen LogP contribution in [0.5, 0.6) is 5.75 Å². The summed E-state index contributed by atoms with van der Waals surface area (Å²) < 4.78 is 11.5. The molecule has 0 unspecified atom stereocenters. The molecule has 2 aromatic rings. The molecule has 1 N–H and O–H groups in total. The van der Waals surface area contributed by atoms with Crippen LogP contribution in [-0.2, 0) is 4.79 Å². The number of nitrogens with zero attached hydrogens (tertiary/aromatic N) is 1. The van der Waals surface area contributed by atoms with Gasteiger partial charge in [-0.3, -0.25) is 4.79 Å². The lowest BCUT2D eigenvalue weighted by Gasteiger charge is -2.07. The van der Waals surface area contributed by atoms with Crippen LogP contribution in [0, 0.1) is 13.8 Å². The fraction of sp³-hybridized carbons (Fsp3) is 0.200. The van der Waals surface area contributed by atoms with Crippen molar-refractivity contribution in [2.75, 3.05) is 6.61 Å². The van der Waals surface area contributed by atoms with E-state index < -0.39 is 0 Å². The van der Waals surface area contributed by atoms with E-state index in [0.29, 0.717) is 11.5 Å². The Morgan fingerprint density at radius 1 is 1.38 bits per heavy atom. The zero-order valence-electron chi connectivity index (χ0n) is 11.7. The van der Waals surface area contributed by atoms with Gasteiger partial charge in [0, 0.05) is 0 Å². The molecular weight excluding hydrogens is 336 g/mol. The van der Waals surface area contributed by atoms with Crippen molar-refractivity contribution in [2.24, 2.45) is 5.10 Å². The molecule has 0 fully saturated rings. The van der Waals surface area contributed by atoms with Crippen LogP contribution in [0.3, 0.4) is 0 Å². The lowest BCUT2D eigenvalue weighted by Crippen LogP contribution is -2.24. The lowest BCUT2D eigenvalue weighted by molar-refractivity contribution is -0.123. The van der Waals surface area contributed by atoms with E-state index in [9.17, 15) is 4.79 Å². The molecule has 1 aromatic carbocycles. The molecule has 0 atom stereocenters. The summed E-state index contributed by atoms with van der Waals surface area (Å²) in [6.45, 7) is 3.70. The third-order valence-corrected chi connectivity index (χ3v) is 3.21. The number of amides is 1. The van der Waals surface area contributed by atoms with Crippen LogP contribution in [0.25, 0.3) is 0 Å². The van der Waals surface area contributed by atoms with E-state index in [1.807, 2.05) is 38.1 Å². The van der Waals surface area contributed by atoms with E-state index >= 15 is 0 Å². The highest BCUT2D eigenvalue weighted by atomic mass is 79.9. The number of carbonyl (C=O) groups excluding carboxylic acids is 1. The van der Waals surface area contributed by atoms with Gasteiger partial charge in [0.05, 0.1) is 10.7 Å². The third kappa shape index (κ3) is 4.75. The van der Waals surface area contributed by atoms with Crippen LogP contribution in [-0.4, -0.2) is 18.7 Å². The van der Waals surface area contributed by atoms with Gasteiger partial charge in [0.2, 0.25) is 0 Å². The van der Waals surface area contributed by atoms with Crippen LogP contribution in [0.4, 0.5) is 0 Å². The number of ether oxygens (including phenoxy) is 1. The molecule has 1 aromatic heterocycles. The van der Waals surface area contributed by atoms with Crippen LogP contribution < -0.4 is 10.2 Å². The highest BCUT2D eigenvalue weighted by molar-refractivity contribution is 9.10. The maximum atomic E-state index is 11.6. The van der Waals surface area contributed by atoms with Gasteiger partial charge in [-0.2, -0.15) is 5.10 Å². The van der Waals surface area contributed by atoms with Crippen molar-refractivity contribution in [1.29, 1.82) is 0 Å². The SMILES string of the molecule is Cc1ccc(OCC(=O)N/N=C/c2ccc(C)o2)c(Br)c1. The van der Waals surface area contributed by atoms with Crippen LogP contribution in [0.2, 0.25) is 0 Å². The normalized spacial score (nSPS) is 10.8. The zero-order chi connectivity index (χ0) is 15.2. The molecule has 110 valence electrons. The maximum Gasteiger partial charge on any atom is 0.277 e. The molecule has 0 spiro atoms. The molecule has 0 aliphatic carbocycles. The number of aryl methyl sites for hydroxylation is 2. The molecule has 0 aliphatic rings. The molecule has 1 amide bonds. The van der Waals surface area contributed by atoms with Gasteiger partial charge in [0.15, 0.2) is 6.61 Å². The van der Waals surface area contributed by atoms with Gasteiger partial charge in [0.1, 0.15) is 17.3 Å². The fourth-order valence-electron chi connectivity index (χ4n) is 1.59. The minimum absolute atomic E-state index is 0.115. The van der Waals surface area contributed by atoms with E-state index in [4.69, 9.17) is 9.15 Å². The predicted molar refractivity (Wildman–Crippen MR) is 83.6 cm³/mol. The monoisotopic (exact) mass is 350 g/mol. The smallest absolute Gasteiger partial charge is 0.277 e. The number of furan rings is 1. The largest absolute Gasteiger partial charge is 0.483 e. The second-order valence-electron chi connectivity index (χ2n) is 4.46. The van der Waals surface area contributed by atoms with Crippen molar-refractivity contribution in [3.63, 3.8) is 0 Å². The van der Waals surface area contributed by atoms with Crippen LogP contribution >= 0.6 is 15.9 Å². The Morgan fingerprint density at radius 3 is 2.86 bits per heavy atom. The fourth-order valence-corrected chi connectivity index (χ4v) is 2.20. The molecule has 0 saturated carbocycles.